The number of amides is 1. The van der Waals surface area contributed by atoms with E-state index in [1.54, 1.807) is 22.5 Å². The van der Waals surface area contributed by atoms with Crippen LogP contribution in [0.5, 0.6) is 0 Å². The number of sulfonamides is 1. The molecule has 0 unspecified atom stereocenters. The molecular weight excluding hydrogens is 370 g/mol. The summed E-state index contributed by atoms with van der Waals surface area (Å²) in [5, 5.41) is 2.77. The summed E-state index contributed by atoms with van der Waals surface area (Å²) < 4.78 is 27.5. The van der Waals surface area contributed by atoms with Crippen LogP contribution in [0.25, 0.3) is 0 Å². The Morgan fingerprint density at radius 3 is 2.42 bits per heavy atom. The Morgan fingerprint density at radius 2 is 1.69 bits per heavy atom. The number of carbonyl (C=O) groups is 1. The highest BCUT2D eigenvalue weighted by Crippen LogP contribution is 2.34. The van der Waals surface area contributed by atoms with Crippen LogP contribution in [0.4, 0.5) is 11.4 Å². The molecule has 1 saturated heterocycles. The van der Waals surface area contributed by atoms with Gasteiger partial charge in [-0.1, -0.05) is 18.2 Å². The maximum Gasteiger partial charge on any atom is 0.243 e. The summed E-state index contributed by atoms with van der Waals surface area (Å²) >= 11 is 1.37. The van der Waals surface area contributed by atoms with E-state index in [-0.39, 0.29) is 10.8 Å². The normalized spacial score (nSPS) is 18.3. The molecule has 1 amide bonds. The van der Waals surface area contributed by atoms with Gasteiger partial charge in [0.05, 0.1) is 16.3 Å². The number of hydrogen-bond donors (Lipinski definition) is 1. The van der Waals surface area contributed by atoms with Crippen molar-refractivity contribution in [3.05, 3.63) is 48.5 Å². The van der Waals surface area contributed by atoms with Gasteiger partial charge in [0.2, 0.25) is 15.9 Å². The fourth-order valence-electron chi connectivity index (χ4n) is 3.19. The van der Waals surface area contributed by atoms with Crippen LogP contribution in [-0.2, 0) is 14.8 Å². The lowest BCUT2D eigenvalue weighted by molar-refractivity contribution is -0.113. The number of rotatable bonds is 3. The molecule has 2 aliphatic rings. The summed E-state index contributed by atoms with van der Waals surface area (Å²) in [5.41, 5.74) is 1.80. The van der Waals surface area contributed by atoms with Crippen molar-refractivity contribution in [1.82, 2.24) is 4.31 Å². The third-order valence-electron chi connectivity index (χ3n) is 4.58. The zero-order valence-corrected chi connectivity index (χ0v) is 15.7. The van der Waals surface area contributed by atoms with Gasteiger partial charge >= 0.3 is 0 Å². The number of fused-ring (bicyclic) bond motifs is 1. The highest BCUT2D eigenvalue weighted by Gasteiger charge is 2.29. The monoisotopic (exact) mass is 389 g/mol. The molecule has 0 bridgehead atoms. The Balaban J connectivity index is 1.50. The first-order valence-corrected chi connectivity index (χ1v) is 10.8. The molecule has 2 heterocycles. The van der Waals surface area contributed by atoms with Crippen molar-refractivity contribution in [3.63, 3.8) is 0 Å². The van der Waals surface area contributed by atoms with Crippen LogP contribution in [0.15, 0.2) is 58.3 Å². The van der Waals surface area contributed by atoms with Crippen molar-refractivity contribution < 1.29 is 13.2 Å². The number of carbonyl (C=O) groups excluding carboxylic acids is 1. The van der Waals surface area contributed by atoms with Crippen LogP contribution in [-0.4, -0.2) is 50.6 Å². The standard InChI is InChI=1S/C18H19N3O3S2/c22-18-13-25-17-12-15(6-7-16(17)19-18)26(23,24)21-10-8-20(9-11-21)14-4-2-1-3-5-14/h1-7,12H,8-11,13H2,(H,19,22). The molecule has 0 spiro atoms. The van der Waals surface area contributed by atoms with Gasteiger partial charge in [0.15, 0.2) is 0 Å². The molecule has 1 fully saturated rings. The van der Waals surface area contributed by atoms with Gasteiger partial charge in [0, 0.05) is 36.8 Å². The minimum atomic E-state index is -3.53. The first-order valence-electron chi connectivity index (χ1n) is 8.41. The average Bonchev–Trinajstić information content (AvgIpc) is 2.68. The van der Waals surface area contributed by atoms with Gasteiger partial charge in [-0.05, 0) is 30.3 Å². The smallest absolute Gasteiger partial charge is 0.243 e. The molecule has 2 aliphatic heterocycles. The van der Waals surface area contributed by atoms with Gasteiger partial charge < -0.3 is 10.2 Å². The van der Waals surface area contributed by atoms with Gasteiger partial charge in [-0.2, -0.15) is 4.31 Å². The Kier molecular flexibility index (Phi) is 4.64. The number of anilines is 2. The number of hydrogen-bond acceptors (Lipinski definition) is 5. The molecular formula is C18H19N3O3S2. The van der Waals surface area contributed by atoms with Gasteiger partial charge in [-0.25, -0.2) is 8.42 Å². The highest BCUT2D eigenvalue weighted by atomic mass is 32.2. The number of nitrogens with zero attached hydrogens (tertiary/aromatic N) is 2. The molecule has 2 aromatic carbocycles. The maximum absolute atomic E-state index is 13.0. The van der Waals surface area contributed by atoms with E-state index < -0.39 is 10.0 Å². The van der Waals surface area contributed by atoms with Gasteiger partial charge in [0.1, 0.15) is 0 Å². The van der Waals surface area contributed by atoms with E-state index in [1.807, 2.05) is 30.3 Å². The van der Waals surface area contributed by atoms with Crippen LogP contribution < -0.4 is 10.2 Å². The summed E-state index contributed by atoms with van der Waals surface area (Å²) in [5.74, 6) is 0.252. The predicted octanol–water partition coefficient (Wildman–Crippen LogP) is 2.24. The Morgan fingerprint density at radius 1 is 0.962 bits per heavy atom. The first-order chi connectivity index (χ1) is 12.5. The SMILES string of the molecule is O=C1CSc2cc(S(=O)(=O)N3CCN(c4ccccc4)CC3)ccc2N1. The molecule has 0 atom stereocenters. The van der Waals surface area contributed by atoms with Crippen molar-refractivity contribution in [1.29, 1.82) is 0 Å². The van der Waals surface area contributed by atoms with E-state index in [2.05, 4.69) is 10.2 Å². The molecule has 0 saturated carbocycles. The zero-order valence-electron chi connectivity index (χ0n) is 14.1. The molecule has 4 rings (SSSR count). The van der Waals surface area contributed by atoms with Crippen LogP contribution in [0.2, 0.25) is 0 Å². The lowest BCUT2D eigenvalue weighted by Crippen LogP contribution is -2.48. The van der Waals surface area contributed by atoms with Crippen LogP contribution in [0.3, 0.4) is 0 Å². The number of nitrogens with one attached hydrogen (secondary N) is 1. The molecule has 0 radical (unpaired) electrons. The quantitative estimate of drug-likeness (QED) is 0.872. The van der Waals surface area contributed by atoms with E-state index in [0.29, 0.717) is 37.6 Å². The van der Waals surface area contributed by atoms with Gasteiger partial charge in [0.25, 0.3) is 0 Å². The Bertz CT molecular complexity index is 924. The van der Waals surface area contributed by atoms with Crippen molar-refractivity contribution in [3.8, 4) is 0 Å². The number of piperazine rings is 1. The second-order valence-corrected chi connectivity index (χ2v) is 9.18. The summed E-state index contributed by atoms with van der Waals surface area (Å²) in [7, 11) is -3.53. The third kappa shape index (κ3) is 3.32. The molecule has 0 aromatic heterocycles. The first kappa shape index (κ1) is 17.4. The lowest BCUT2D eigenvalue weighted by Gasteiger charge is -2.35. The second kappa shape index (κ2) is 6.94. The van der Waals surface area contributed by atoms with E-state index in [9.17, 15) is 13.2 Å². The third-order valence-corrected chi connectivity index (χ3v) is 7.53. The van der Waals surface area contributed by atoms with Crippen molar-refractivity contribution >= 4 is 39.1 Å². The van der Waals surface area contributed by atoms with Crippen molar-refractivity contribution in [2.75, 3.05) is 42.1 Å². The van der Waals surface area contributed by atoms with Crippen molar-refractivity contribution in [2.45, 2.75) is 9.79 Å². The Hall–Kier alpha value is -2.03. The van der Waals surface area contributed by atoms with E-state index in [0.717, 1.165) is 10.6 Å². The second-order valence-electron chi connectivity index (χ2n) is 6.22. The molecule has 6 nitrogen and oxygen atoms in total. The van der Waals surface area contributed by atoms with Crippen LogP contribution >= 0.6 is 11.8 Å². The molecule has 1 N–H and O–H groups in total. The Labute approximate surface area is 157 Å². The van der Waals surface area contributed by atoms with E-state index in [1.165, 1.54) is 11.8 Å². The van der Waals surface area contributed by atoms with Gasteiger partial charge in [-0.15, -0.1) is 11.8 Å². The van der Waals surface area contributed by atoms with Crippen LogP contribution in [0, 0.1) is 0 Å². The number of para-hydroxylation sites is 1. The molecule has 8 heteroatoms. The largest absolute Gasteiger partial charge is 0.369 e. The molecule has 2 aromatic rings. The average molecular weight is 390 g/mol. The highest BCUT2D eigenvalue weighted by molar-refractivity contribution is 8.00. The lowest BCUT2D eigenvalue weighted by atomic mass is 10.2. The number of benzene rings is 2. The summed E-state index contributed by atoms with van der Waals surface area (Å²) in [6.45, 7) is 2.24. The van der Waals surface area contributed by atoms with E-state index in [4.69, 9.17) is 0 Å². The minimum absolute atomic E-state index is 0.0601. The summed E-state index contributed by atoms with van der Waals surface area (Å²) in [6.07, 6.45) is 0. The number of thioether (sulfide) groups is 1. The topological polar surface area (TPSA) is 69.7 Å². The summed E-state index contributed by atoms with van der Waals surface area (Å²) in [4.78, 5) is 14.7. The predicted molar refractivity (Wildman–Crippen MR) is 103 cm³/mol. The summed E-state index contributed by atoms with van der Waals surface area (Å²) in [6, 6.07) is 14.9. The molecule has 0 aliphatic carbocycles. The maximum atomic E-state index is 13.0. The van der Waals surface area contributed by atoms with Crippen LogP contribution in [0.1, 0.15) is 0 Å². The van der Waals surface area contributed by atoms with E-state index >= 15 is 0 Å². The fraction of sp³-hybridized carbons (Fsp3) is 0.278. The van der Waals surface area contributed by atoms with Gasteiger partial charge in [-0.3, -0.25) is 4.79 Å². The molecule has 26 heavy (non-hydrogen) atoms. The fourth-order valence-corrected chi connectivity index (χ4v) is 5.56. The minimum Gasteiger partial charge on any atom is -0.369 e. The molecule has 136 valence electrons. The zero-order chi connectivity index (χ0) is 18.1. The van der Waals surface area contributed by atoms with Crippen molar-refractivity contribution in [2.24, 2.45) is 0 Å².